The molecule has 2 fully saturated rings. The second-order valence-corrected chi connectivity index (χ2v) is 7.24. The Morgan fingerprint density at radius 3 is 3.00 bits per heavy atom. The Morgan fingerprint density at radius 1 is 1.28 bits per heavy atom. The van der Waals surface area contributed by atoms with E-state index in [9.17, 15) is 4.39 Å². The van der Waals surface area contributed by atoms with Crippen LogP contribution >= 0.6 is 0 Å². The van der Waals surface area contributed by atoms with E-state index in [0.29, 0.717) is 0 Å². The molecule has 0 N–H and O–H groups in total. The van der Waals surface area contributed by atoms with E-state index >= 15 is 0 Å². The van der Waals surface area contributed by atoms with Crippen LogP contribution in [-0.4, -0.2) is 52.8 Å². The number of imidazole rings is 1. The number of rotatable bonds is 3. The van der Waals surface area contributed by atoms with Crippen LogP contribution in [0.25, 0.3) is 0 Å². The second-order valence-electron chi connectivity index (χ2n) is 7.24. The van der Waals surface area contributed by atoms with Gasteiger partial charge in [-0.25, -0.2) is 9.37 Å². The molecule has 0 aliphatic carbocycles. The molecule has 0 saturated carbocycles. The Kier molecular flexibility index (Phi) is 4.48. The van der Waals surface area contributed by atoms with Gasteiger partial charge in [-0.3, -0.25) is 4.90 Å². The molecule has 0 radical (unpaired) electrons. The van der Waals surface area contributed by atoms with Gasteiger partial charge in [-0.05, 0) is 31.0 Å². The molecule has 134 valence electrons. The number of nitrogens with zero attached hydrogens (tertiary/aromatic N) is 4. The van der Waals surface area contributed by atoms with E-state index in [4.69, 9.17) is 4.74 Å². The molecule has 1 unspecified atom stereocenters. The first-order chi connectivity index (χ1) is 12.1. The zero-order valence-corrected chi connectivity index (χ0v) is 14.7. The molecule has 5 nitrogen and oxygen atoms in total. The number of benzene rings is 1. The Labute approximate surface area is 148 Å². The summed E-state index contributed by atoms with van der Waals surface area (Å²) in [7, 11) is 2.03. The molecule has 2 aliphatic heterocycles. The average molecular weight is 344 g/mol. The van der Waals surface area contributed by atoms with E-state index < -0.39 is 0 Å². The summed E-state index contributed by atoms with van der Waals surface area (Å²) in [4.78, 5) is 8.93. The minimum atomic E-state index is -0.181. The highest BCUT2D eigenvalue weighted by atomic mass is 19.1. The van der Waals surface area contributed by atoms with Gasteiger partial charge >= 0.3 is 0 Å². The highest BCUT2D eigenvalue weighted by Crippen LogP contribution is 2.32. The molecule has 2 aromatic rings. The Hall–Kier alpha value is -1.92. The largest absolute Gasteiger partial charge is 0.370 e. The summed E-state index contributed by atoms with van der Waals surface area (Å²) in [6.45, 7) is 5.25. The van der Waals surface area contributed by atoms with E-state index in [2.05, 4.69) is 19.4 Å². The number of morpholine rings is 1. The molecule has 1 spiro atoms. The van der Waals surface area contributed by atoms with Crippen LogP contribution in [0.2, 0.25) is 0 Å². The molecule has 4 rings (SSSR count). The van der Waals surface area contributed by atoms with E-state index in [1.165, 1.54) is 11.8 Å². The summed E-state index contributed by atoms with van der Waals surface area (Å²) in [5, 5.41) is 0. The predicted molar refractivity (Wildman–Crippen MR) is 95.0 cm³/mol. The number of hydrogen-bond donors (Lipinski definition) is 0. The molecule has 1 aromatic carbocycles. The molecule has 1 aromatic heterocycles. The van der Waals surface area contributed by atoms with Gasteiger partial charge in [-0.1, -0.05) is 6.07 Å². The lowest BCUT2D eigenvalue weighted by Gasteiger charge is -2.48. The summed E-state index contributed by atoms with van der Waals surface area (Å²) >= 11 is 0. The van der Waals surface area contributed by atoms with Crippen LogP contribution in [0.3, 0.4) is 0 Å². The summed E-state index contributed by atoms with van der Waals surface area (Å²) in [5.41, 5.74) is 2.00. The third-order valence-electron chi connectivity index (χ3n) is 5.34. The van der Waals surface area contributed by atoms with Crippen LogP contribution in [0.5, 0.6) is 0 Å². The fraction of sp³-hybridized carbons (Fsp3) is 0.526. The molecule has 2 aliphatic rings. The van der Waals surface area contributed by atoms with Crippen molar-refractivity contribution in [2.45, 2.75) is 25.0 Å². The van der Waals surface area contributed by atoms with Gasteiger partial charge in [-0.2, -0.15) is 0 Å². The maximum absolute atomic E-state index is 13.6. The van der Waals surface area contributed by atoms with Gasteiger partial charge in [0.25, 0.3) is 0 Å². The molecule has 3 heterocycles. The van der Waals surface area contributed by atoms with Gasteiger partial charge in [0.15, 0.2) is 0 Å². The molecular formula is C19H25FN4O. The third-order valence-corrected chi connectivity index (χ3v) is 5.34. The van der Waals surface area contributed by atoms with Crippen molar-refractivity contribution in [3.8, 4) is 0 Å². The van der Waals surface area contributed by atoms with Crippen molar-refractivity contribution in [3.05, 3.63) is 48.3 Å². The van der Waals surface area contributed by atoms with Crippen LogP contribution < -0.4 is 4.90 Å². The molecule has 25 heavy (non-hydrogen) atoms. The van der Waals surface area contributed by atoms with Crippen molar-refractivity contribution in [2.24, 2.45) is 7.05 Å². The summed E-state index contributed by atoms with van der Waals surface area (Å²) in [6, 6.07) is 6.88. The van der Waals surface area contributed by atoms with E-state index in [0.717, 1.165) is 57.9 Å². The SMILES string of the molecule is Cn1cncc1CN1CCOC2(CCCN(c3cccc(F)c3)C2)C1. The Balaban J connectivity index is 1.47. The number of piperidine rings is 1. The molecule has 0 amide bonds. The lowest BCUT2D eigenvalue weighted by molar-refractivity contribution is -0.116. The normalized spacial score (nSPS) is 24.8. The third kappa shape index (κ3) is 3.55. The quantitative estimate of drug-likeness (QED) is 0.856. The highest BCUT2D eigenvalue weighted by Gasteiger charge is 2.40. The molecule has 0 bridgehead atoms. The van der Waals surface area contributed by atoms with Crippen LogP contribution in [0.15, 0.2) is 36.8 Å². The van der Waals surface area contributed by atoms with Crippen molar-refractivity contribution in [1.29, 1.82) is 0 Å². The number of aromatic nitrogens is 2. The Bertz CT molecular complexity index is 730. The maximum Gasteiger partial charge on any atom is 0.125 e. The van der Waals surface area contributed by atoms with Crippen LogP contribution in [-0.2, 0) is 18.3 Å². The van der Waals surface area contributed by atoms with E-state index in [1.807, 2.05) is 25.6 Å². The van der Waals surface area contributed by atoms with Crippen LogP contribution in [0.1, 0.15) is 18.5 Å². The fourth-order valence-corrected chi connectivity index (χ4v) is 4.06. The van der Waals surface area contributed by atoms with Gasteiger partial charge < -0.3 is 14.2 Å². The maximum atomic E-state index is 13.6. The number of halogens is 1. The van der Waals surface area contributed by atoms with Crippen LogP contribution in [0, 0.1) is 5.82 Å². The topological polar surface area (TPSA) is 33.5 Å². The van der Waals surface area contributed by atoms with Crippen molar-refractivity contribution < 1.29 is 9.13 Å². The molecular weight excluding hydrogens is 319 g/mol. The van der Waals surface area contributed by atoms with Crippen molar-refractivity contribution >= 4 is 5.69 Å². The smallest absolute Gasteiger partial charge is 0.125 e. The van der Waals surface area contributed by atoms with Gasteiger partial charge in [0.1, 0.15) is 5.82 Å². The first-order valence-electron chi connectivity index (χ1n) is 8.96. The van der Waals surface area contributed by atoms with E-state index in [1.54, 1.807) is 12.1 Å². The van der Waals surface area contributed by atoms with Crippen LogP contribution in [0.4, 0.5) is 10.1 Å². The standard InChI is InChI=1S/C19H25FN4O/c1-22-15-21-11-18(22)12-23-8-9-25-19(13-23)6-3-7-24(14-19)17-5-2-4-16(20)10-17/h2,4-5,10-11,15H,3,6-9,12-14H2,1H3. The summed E-state index contributed by atoms with van der Waals surface area (Å²) in [6.07, 6.45) is 5.90. The number of ether oxygens (including phenoxy) is 1. The molecule has 1 atom stereocenters. The fourth-order valence-electron chi connectivity index (χ4n) is 4.06. The van der Waals surface area contributed by atoms with Gasteiger partial charge in [0.05, 0.1) is 24.2 Å². The monoisotopic (exact) mass is 344 g/mol. The van der Waals surface area contributed by atoms with Crippen molar-refractivity contribution in [2.75, 3.05) is 37.7 Å². The zero-order chi connectivity index (χ0) is 17.3. The predicted octanol–water partition coefficient (Wildman–Crippen LogP) is 2.43. The van der Waals surface area contributed by atoms with Gasteiger partial charge in [0.2, 0.25) is 0 Å². The van der Waals surface area contributed by atoms with E-state index in [-0.39, 0.29) is 11.4 Å². The number of anilines is 1. The van der Waals surface area contributed by atoms with Gasteiger partial charge in [-0.15, -0.1) is 0 Å². The van der Waals surface area contributed by atoms with Crippen molar-refractivity contribution in [3.63, 3.8) is 0 Å². The molecule has 6 heteroatoms. The highest BCUT2D eigenvalue weighted by molar-refractivity contribution is 5.47. The first-order valence-corrected chi connectivity index (χ1v) is 8.96. The summed E-state index contributed by atoms with van der Waals surface area (Å²) < 4.78 is 21.9. The minimum absolute atomic E-state index is 0.165. The first kappa shape index (κ1) is 16.5. The van der Waals surface area contributed by atoms with Gasteiger partial charge in [0, 0.05) is 51.7 Å². The average Bonchev–Trinajstić information content (AvgIpc) is 3.00. The second kappa shape index (κ2) is 6.77. The number of hydrogen-bond acceptors (Lipinski definition) is 4. The lowest BCUT2D eigenvalue weighted by atomic mass is 9.90. The van der Waals surface area contributed by atoms with Crippen molar-refractivity contribution in [1.82, 2.24) is 14.5 Å². The molecule has 2 saturated heterocycles. The lowest BCUT2D eigenvalue weighted by Crippen LogP contribution is -2.59. The number of aryl methyl sites for hydroxylation is 1. The summed E-state index contributed by atoms with van der Waals surface area (Å²) in [5.74, 6) is -0.181. The minimum Gasteiger partial charge on any atom is -0.370 e. The Morgan fingerprint density at radius 2 is 2.20 bits per heavy atom. The zero-order valence-electron chi connectivity index (χ0n) is 14.7.